The number of carbonyl (C=O) groups is 1. The van der Waals surface area contributed by atoms with Gasteiger partial charge in [0.25, 0.3) is 0 Å². The molecule has 2 aromatic rings. The van der Waals surface area contributed by atoms with E-state index in [1.807, 2.05) is 19.0 Å². The smallest absolute Gasteiger partial charge is 0.240 e. The van der Waals surface area contributed by atoms with Crippen LogP contribution in [-0.4, -0.2) is 39.7 Å². The van der Waals surface area contributed by atoms with Gasteiger partial charge in [-0.05, 0) is 45.3 Å². The van der Waals surface area contributed by atoms with Crippen molar-refractivity contribution in [1.29, 1.82) is 0 Å². The predicted octanol–water partition coefficient (Wildman–Crippen LogP) is 2.06. The van der Waals surface area contributed by atoms with Crippen LogP contribution in [0.4, 0.5) is 0 Å². The normalized spacial score (nSPS) is 13.2. The average molecular weight is 336 g/mol. The van der Waals surface area contributed by atoms with Crippen LogP contribution in [0.1, 0.15) is 29.1 Å². The maximum atomic E-state index is 12.4. The summed E-state index contributed by atoms with van der Waals surface area (Å²) in [5.41, 5.74) is 0.478. The number of rotatable bonds is 7. The van der Waals surface area contributed by atoms with Crippen LogP contribution >= 0.6 is 0 Å². The zero-order valence-corrected chi connectivity index (χ0v) is 14.1. The lowest BCUT2D eigenvalue weighted by molar-refractivity contribution is 0.101. The summed E-state index contributed by atoms with van der Waals surface area (Å²) >= 11 is 0. The van der Waals surface area contributed by atoms with E-state index in [1.165, 1.54) is 31.2 Å². The molecule has 0 radical (unpaired) electrons. The van der Waals surface area contributed by atoms with Crippen LogP contribution in [-0.2, 0) is 10.0 Å². The van der Waals surface area contributed by atoms with Crippen molar-refractivity contribution < 1.29 is 17.6 Å². The fraction of sp³-hybridized carbons (Fsp3) is 0.312. The molecule has 2 rings (SSSR count). The number of likely N-dealkylation sites (N-methyl/N-ethyl adjacent to an activating group) is 1. The molecule has 124 valence electrons. The van der Waals surface area contributed by atoms with Gasteiger partial charge in [0.15, 0.2) is 5.78 Å². The summed E-state index contributed by atoms with van der Waals surface area (Å²) in [6, 6.07) is 9.23. The molecule has 1 heterocycles. The Bertz CT molecular complexity index is 750. The number of hydrogen-bond acceptors (Lipinski definition) is 5. The molecule has 1 aromatic heterocycles. The second-order valence-electron chi connectivity index (χ2n) is 5.43. The molecule has 0 saturated carbocycles. The van der Waals surface area contributed by atoms with Crippen LogP contribution in [0.3, 0.4) is 0 Å². The number of furan rings is 1. The quantitative estimate of drug-likeness (QED) is 0.783. The van der Waals surface area contributed by atoms with E-state index in [1.54, 1.807) is 18.4 Å². The molecule has 0 bridgehead atoms. The van der Waals surface area contributed by atoms with Gasteiger partial charge in [0.05, 0.1) is 17.2 Å². The number of benzene rings is 1. The molecule has 0 fully saturated rings. The Kier molecular flexibility index (Phi) is 5.35. The molecule has 7 heteroatoms. The second kappa shape index (κ2) is 7.08. The van der Waals surface area contributed by atoms with Gasteiger partial charge in [-0.3, -0.25) is 9.69 Å². The van der Waals surface area contributed by atoms with Gasteiger partial charge in [-0.2, -0.15) is 0 Å². The van der Waals surface area contributed by atoms with Gasteiger partial charge in [0.2, 0.25) is 10.0 Å². The third kappa shape index (κ3) is 4.28. The summed E-state index contributed by atoms with van der Waals surface area (Å²) in [5, 5.41) is 0. The van der Waals surface area contributed by atoms with Crippen molar-refractivity contribution in [3.8, 4) is 0 Å². The van der Waals surface area contributed by atoms with Crippen LogP contribution < -0.4 is 4.72 Å². The van der Waals surface area contributed by atoms with Gasteiger partial charge in [0.1, 0.15) is 5.76 Å². The van der Waals surface area contributed by atoms with Gasteiger partial charge in [-0.25, -0.2) is 13.1 Å². The maximum Gasteiger partial charge on any atom is 0.240 e. The average Bonchev–Trinajstić information content (AvgIpc) is 3.01. The third-order valence-corrected chi connectivity index (χ3v) is 4.97. The number of nitrogens with zero attached hydrogens (tertiary/aromatic N) is 1. The Morgan fingerprint density at radius 2 is 1.87 bits per heavy atom. The number of ketones is 1. The van der Waals surface area contributed by atoms with E-state index >= 15 is 0 Å². The van der Waals surface area contributed by atoms with E-state index < -0.39 is 10.0 Å². The number of sulfonamides is 1. The molecule has 23 heavy (non-hydrogen) atoms. The van der Waals surface area contributed by atoms with Gasteiger partial charge in [0, 0.05) is 12.1 Å². The van der Waals surface area contributed by atoms with Crippen LogP contribution in [0.5, 0.6) is 0 Å². The Labute approximate surface area is 136 Å². The molecule has 0 aliphatic carbocycles. The lowest BCUT2D eigenvalue weighted by Crippen LogP contribution is -2.34. The lowest BCUT2D eigenvalue weighted by Gasteiger charge is -2.22. The highest BCUT2D eigenvalue weighted by atomic mass is 32.2. The molecule has 1 unspecified atom stereocenters. The zero-order valence-electron chi connectivity index (χ0n) is 13.3. The molecule has 6 nitrogen and oxygen atoms in total. The molecule has 0 aliphatic heterocycles. The Morgan fingerprint density at radius 3 is 2.35 bits per heavy atom. The van der Waals surface area contributed by atoms with Crippen molar-refractivity contribution in [3.63, 3.8) is 0 Å². The first-order chi connectivity index (χ1) is 10.8. The van der Waals surface area contributed by atoms with Gasteiger partial charge in [-0.1, -0.05) is 12.1 Å². The second-order valence-corrected chi connectivity index (χ2v) is 7.19. The van der Waals surface area contributed by atoms with Crippen molar-refractivity contribution in [2.45, 2.75) is 17.9 Å². The summed E-state index contributed by atoms with van der Waals surface area (Å²) in [7, 11) is 0.0486. The first-order valence-corrected chi connectivity index (χ1v) is 8.60. The highest BCUT2D eigenvalue weighted by Crippen LogP contribution is 2.19. The van der Waals surface area contributed by atoms with E-state index in [0.29, 0.717) is 11.3 Å². The van der Waals surface area contributed by atoms with Crippen LogP contribution in [0, 0.1) is 0 Å². The van der Waals surface area contributed by atoms with Crippen molar-refractivity contribution in [2.24, 2.45) is 0 Å². The van der Waals surface area contributed by atoms with Gasteiger partial charge in [-0.15, -0.1) is 0 Å². The highest BCUT2D eigenvalue weighted by molar-refractivity contribution is 7.89. The predicted molar refractivity (Wildman–Crippen MR) is 86.8 cm³/mol. The number of Topliss-reactive ketones (excluding diaryl/α,β-unsaturated/α-hetero) is 1. The first kappa shape index (κ1) is 17.4. The van der Waals surface area contributed by atoms with Crippen molar-refractivity contribution in [1.82, 2.24) is 9.62 Å². The standard InChI is InChI=1S/C16H20N2O4S/c1-12(19)13-6-8-14(9-7-13)23(20,21)17-11-15(18(2)3)16-5-4-10-22-16/h4-10,15,17H,11H2,1-3H3. The minimum atomic E-state index is -3.65. The molecular formula is C16H20N2O4S. The SMILES string of the molecule is CC(=O)c1ccc(S(=O)(=O)NCC(c2ccco2)N(C)C)cc1. The van der Waals surface area contributed by atoms with E-state index in [4.69, 9.17) is 4.42 Å². The number of carbonyl (C=O) groups excluding carboxylic acids is 1. The highest BCUT2D eigenvalue weighted by Gasteiger charge is 2.21. The Hall–Kier alpha value is -1.96. The molecule has 1 N–H and O–H groups in total. The Balaban J connectivity index is 2.12. The monoisotopic (exact) mass is 336 g/mol. The molecule has 0 amide bonds. The van der Waals surface area contributed by atoms with Crippen molar-refractivity contribution in [3.05, 3.63) is 54.0 Å². The summed E-state index contributed by atoms with van der Waals surface area (Å²) in [6.45, 7) is 1.62. The van der Waals surface area contributed by atoms with Crippen molar-refractivity contribution >= 4 is 15.8 Å². The fourth-order valence-corrected chi connectivity index (χ4v) is 3.20. The van der Waals surface area contributed by atoms with Crippen LogP contribution in [0.15, 0.2) is 52.0 Å². The first-order valence-electron chi connectivity index (χ1n) is 7.12. The van der Waals surface area contributed by atoms with E-state index in [-0.39, 0.29) is 23.3 Å². The fourth-order valence-electron chi connectivity index (χ4n) is 2.16. The maximum absolute atomic E-state index is 12.4. The van der Waals surface area contributed by atoms with Gasteiger partial charge >= 0.3 is 0 Å². The summed E-state index contributed by atoms with van der Waals surface area (Å²) < 4.78 is 32.7. The molecule has 1 aromatic carbocycles. The summed E-state index contributed by atoms with van der Waals surface area (Å²) in [5.74, 6) is 0.581. The third-order valence-electron chi connectivity index (χ3n) is 3.53. The number of hydrogen-bond donors (Lipinski definition) is 1. The summed E-state index contributed by atoms with van der Waals surface area (Å²) in [6.07, 6.45) is 1.56. The lowest BCUT2D eigenvalue weighted by atomic mass is 10.2. The van der Waals surface area contributed by atoms with E-state index in [2.05, 4.69) is 4.72 Å². The molecule has 0 aliphatic rings. The molecule has 1 atom stereocenters. The topological polar surface area (TPSA) is 79.6 Å². The minimum Gasteiger partial charge on any atom is -0.468 e. The summed E-state index contributed by atoms with van der Waals surface area (Å²) in [4.78, 5) is 13.2. The largest absolute Gasteiger partial charge is 0.468 e. The minimum absolute atomic E-state index is 0.104. The molecule has 0 spiro atoms. The molecular weight excluding hydrogens is 316 g/mol. The van der Waals surface area contributed by atoms with Crippen LogP contribution in [0.25, 0.3) is 0 Å². The van der Waals surface area contributed by atoms with Crippen molar-refractivity contribution in [2.75, 3.05) is 20.6 Å². The zero-order chi connectivity index (χ0) is 17.0. The van der Waals surface area contributed by atoms with Crippen LogP contribution in [0.2, 0.25) is 0 Å². The molecule has 0 saturated heterocycles. The van der Waals surface area contributed by atoms with Gasteiger partial charge < -0.3 is 4.42 Å². The van der Waals surface area contributed by atoms with E-state index in [0.717, 1.165) is 0 Å². The Morgan fingerprint density at radius 1 is 1.22 bits per heavy atom. The van der Waals surface area contributed by atoms with E-state index in [9.17, 15) is 13.2 Å². The number of nitrogens with one attached hydrogen (secondary N) is 1.